The molecule has 2 N–H and O–H groups in total. The van der Waals surface area contributed by atoms with Crippen LogP contribution in [0, 0.1) is 17.5 Å². The normalized spacial score (nSPS) is 10.5. The number of amides is 1. The van der Waals surface area contributed by atoms with Crippen LogP contribution in [0.3, 0.4) is 0 Å². The van der Waals surface area contributed by atoms with Crippen molar-refractivity contribution in [1.29, 1.82) is 0 Å². The zero-order chi connectivity index (χ0) is 19.2. The highest BCUT2D eigenvalue weighted by Gasteiger charge is 2.13. The maximum Gasteiger partial charge on any atom is 0.225 e. The number of hydrogen-bond acceptors (Lipinski definition) is 3. The standard InChI is InChI=1S/C20H16F3N3O/c21-15-8-9-16(20(23)19(15)22)25-14-7-10-17(24-12-14)26-18(27)11-6-13-4-2-1-3-5-13/h1-5,7-10,12,25H,6,11H2,(H,24,26,27). The van der Waals surface area contributed by atoms with Crippen LogP contribution in [0.4, 0.5) is 30.4 Å². The summed E-state index contributed by atoms with van der Waals surface area (Å²) in [5.41, 5.74) is 1.21. The van der Waals surface area contributed by atoms with Gasteiger partial charge in [0.15, 0.2) is 17.5 Å². The Labute approximate surface area is 154 Å². The first-order valence-corrected chi connectivity index (χ1v) is 8.23. The van der Waals surface area contributed by atoms with Gasteiger partial charge in [0.2, 0.25) is 5.91 Å². The molecule has 1 amide bonds. The van der Waals surface area contributed by atoms with Gasteiger partial charge >= 0.3 is 0 Å². The highest BCUT2D eigenvalue weighted by Crippen LogP contribution is 2.23. The fourth-order valence-corrected chi connectivity index (χ4v) is 2.43. The summed E-state index contributed by atoms with van der Waals surface area (Å²) in [4.78, 5) is 16.0. The molecule has 3 rings (SSSR count). The van der Waals surface area contributed by atoms with Gasteiger partial charge in [0.1, 0.15) is 5.82 Å². The van der Waals surface area contributed by atoms with E-state index in [1.807, 2.05) is 30.3 Å². The molecule has 0 aliphatic heterocycles. The number of nitrogens with one attached hydrogen (secondary N) is 2. The van der Waals surface area contributed by atoms with E-state index in [1.54, 1.807) is 6.07 Å². The topological polar surface area (TPSA) is 54.0 Å². The van der Waals surface area contributed by atoms with Crippen LogP contribution in [0.25, 0.3) is 0 Å². The van der Waals surface area contributed by atoms with Crippen LogP contribution in [0.1, 0.15) is 12.0 Å². The van der Waals surface area contributed by atoms with Gasteiger partial charge in [0.25, 0.3) is 0 Å². The minimum absolute atomic E-state index is 0.182. The number of rotatable bonds is 6. The molecule has 138 valence electrons. The summed E-state index contributed by atoms with van der Waals surface area (Å²) in [7, 11) is 0. The summed E-state index contributed by atoms with van der Waals surface area (Å²) in [6, 6.07) is 14.6. The number of nitrogens with zero attached hydrogens (tertiary/aromatic N) is 1. The lowest BCUT2D eigenvalue weighted by molar-refractivity contribution is -0.116. The SMILES string of the molecule is O=C(CCc1ccccc1)Nc1ccc(Nc2ccc(F)c(F)c2F)cn1. The van der Waals surface area contributed by atoms with Gasteiger partial charge in [-0.15, -0.1) is 0 Å². The second-order valence-corrected chi connectivity index (χ2v) is 5.81. The molecule has 0 atom stereocenters. The second kappa shape index (κ2) is 8.35. The molecule has 4 nitrogen and oxygen atoms in total. The highest BCUT2D eigenvalue weighted by molar-refractivity contribution is 5.90. The van der Waals surface area contributed by atoms with Crippen LogP contribution in [0.15, 0.2) is 60.8 Å². The Morgan fingerprint density at radius 3 is 2.41 bits per heavy atom. The average molecular weight is 371 g/mol. The third-order valence-electron chi connectivity index (χ3n) is 3.83. The fourth-order valence-electron chi connectivity index (χ4n) is 2.43. The van der Waals surface area contributed by atoms with E-state index in [2.05, 4.69) is 15.6 Å². The van der Waals surface area contributed by atoms with Crippen molar-refractivity contribution in [3.05, 3.63) is 83.8 Å². The number of hydrogen-bond donors (Lipinski definition) is 2. The maximum atomic E-state index is 13.7. The summed E-state index contributed by atoms with van der Waals surface area (Å²) < 4.78 is 39.9. The van der Waals surface area contributed by atoms with E-state index in [1.165, 1.54) is 12.3 Å². The summed E-state index contributed by atoms with van der Waals surface area (Å²) >= 11 is 0. The summed E-state index contributed by atoms with van der Waals surface area (Å²) in [5, 5.41) is 5.28. The van der Waals surface area contributed by atoms with Crippen LogP contribution in [0.5, 0.6) is 0 Å². The highest BCUT2D eigenvalue weighted by atomic mass is 19.2. The molecular formula is C20H16F3N3O. The molecule has 0 saturated heterocycles. The summed E-state index contributed by atoms with van der Waals surface area (Å²) in [6.45, 7) is 0. The Bertz CT molecular complexity index is 931. The Hall–Kier alpha value is -3.35. The smallest absolute Gasteiger partial charge is 0.225 e. The van der Waals surface area contributed by atoms with Gasteiger partial charge in [0, 0.05) is 6.42 Å². The quantitative estimate of drug-likeness (QED) is 0.611. The van der Waals surface area contributed by atoms with E-state index < -0.39 is 17.5 Å². The van der Waals surface area contributed by atoms with Crippen LogP contribution < -0.4 is 10.6 Å². The number of carbonyl (C=O) groups excluding carboxylic acids is 1. The molecule has 0 unspecified atom stereocenters. The fraction of sp³-hybridized carbons (Fsp3) is 0.100. The van der Waals surface area contributed by atoms with E-state index in [0.717, 1.165) is 17.7 Å². The Kier molecular flexibility index (Phi) is 5.71. The van der Waals surface area contributed by atoms with E-state index in [4.69, 9.17) is 0 Å². The van der Waals surface area contributed by atoms with Crippen molar-refractivity contribution in [2.75, 3.05) is 10.6 Å². The first-order valence-electron chi connectivity index (χ1n) is 8.23. The summed E-state index contributed by atoms with van der Waals surface area (Å²) in [5.74, 6) is -3.96. The molecule has 1 aromatic heterocycles. The molecule has 3 aromatic rings. The predicted molar refractivity (Wildman–Crippen MR) is 97.2 cm³/mol. The molecule has 7 heteroatoms. The van der Waals surface area contributed by atoms with Crippen molar-refractivity contribution in [1.82, 2.24) is 4.98 Å². The van der Waals surface area contributed by atoms with Gasteiger partial charge in [0.05, 0.1) is 17.6 Å². The van der Waals surface area contributed by atoms with Crippen molar-refractivity contribution in [3.63, 3.8) is 0 Å². The van der Waals surface area contributed by atoms with Crippen LogP contribution in [0.2, 0.25) is 0 Å². The Morgan fingerprint density at radius 1 is 0.926 bits per heavy atom. The van der Waals surface area contributed by atoms with Gasteiger partial charge in [-0.3, -0.25) is 4.79 Å². The molecular weight excluding hydrogens is 355 g/mol. The molecule has 0 radical (unpaired) electrons. The molecule has 2 aromatic carbocycles. The van der Waals surface area contributed by atoms with E-state index in [0.29, 0.717) is 24.3 Å². The predicted octanol–water partition coefficient (Wildman–Crippen LogP) is 4.81. The van der Waals surface area contributed by atoms with Gasteiger partial charge in [-0.25, -0.2) is 18.2 Å². The van der Waals surface area contributed by atoms with E-state index >= 15 is 0 Å². The van der Waals surface area contributed by atoms with Crippen molar-refractivity contribution in [2.24, 2.45) is 0 Å². The van der Waals surface area contributed by atoms with Crippen molar-refractivity contribution < 1.29 is 18.0 Å². The number of pyridine rings is 1. The van der Waals surface area contributed by atoms with E-state index in [-0.39, 0.29) is 11.6 Å². The number of anilines is 3. The van der Waals surface area contributed by atoms with E-state index in [9.17, 15) is 18.0 Å². The molecule has 0 bridgehead atoms. The van der Waals surface area contributed by atoms with Gasteiger partial charge in [-0.2, -0.15) is 0 Å². The van der Waals surface area contributed by atoms with Crippen LogP contribution in [-0.4, -0.2) is 10.9 Å². The molecule has 0 spiro atoms. The minimum Gasteiger partial charge on any atom is -0.352 e. The van der Waals surface area contributed by atoms with Crippen molar-refractivity contribution in [3.8, 4) is 0 Å². The lowest BCUT2D eigenvalue weighted by atomic mass is 10.1. The lowest BCUT2D eigenvalue weighted by Gasteiger charge is -2.09. The minimum atomic E-state index is -1.55. The maximum absolute atomic E-state index is 13.7. The Balaban J connectivity index is 1.57. The van der Waals surface area contributed by atoms with Gasteiger partial charge in [-0.1, -0.05) is 30.3 Å². The van der Waals surface area contributed by atoms with Gasteiger partial charge in [-0.05, 0) is 36.2 Å². The zero-order valence-corrected chi connectivity index (χ0v) is 14.2. The van der Waals surface area contributed by atoms with Gasteiger partial charge < -0.3 is 10.6 Å². The van der Waals surface area contributed by atoms with Crippen molar-refractivity contribution in [2.45, 2.75) is 12.8 Å². The largest absolute Gasteiger partial charge is 0.352 e. The molecule has 0 fully saturated rings. The number of benzene rings is 2. The first-order chi connectivity index (χ1) is 13.0. The summed E-state index contributed by atoms with van der Waals surface area (Å²) in [6.07, 6.45) is 2.28. The van der Waals surface area contributed by atoms with Crippen LogP contribution >= 0.6 is 0 Å². The Morgan fingerprint density at radius 2 is 1.70 bits per heavy atom. The molecule has 0 aliphatic rings. The number of halogens is 3. The van der Waals surface area contributed by atoms with Crippen LogP contribution in [-0.2, 0) is 11.2 Å². The first kappa shape index (κ1) is 18.4. The number of aromatic nitrogens is 1. The molecule has 0 saturated carbocycles. The molecule has 27 heavy (non-hydrogen) atoms. The zero-order valence-electron chi connectivity index (χ0n) is 14.2. The number of aryl methyl sites for hydroxylation is 1. The molecule has 1 heterocycles. The average Bonchev–Trinajstić information content (AvgIpc) is 2.69. The molecule has 0 aliphatic carbocycles. The van der Waals surface area contributed by atoms with Crippen molar-refractivity contribution >= 4 is 23.1 Å². The lowest BCUT2D eigenvalue weighted by Crippen LogP contribution is -2.13. The third kappa shape index (κ3) is 4.84. The third-order valence-corrected chi connectivity index (χ3v) is 3.83. The monoisotopic (exact) mass is 371 g/mol. The second-order valence-electron chi connectivity index (χ2n) is 5.81. The number of carbonyl (C=O) groups is 1.